The molecule has 1 aromatic rings. The normalized spacial score (nSPS) is 12.4. The first kappa shape index (κ1) is 13.2. The molecule has 16 heavy (non-hydrogen) atoms. The lowest BCUT2D eigenvalue weighted by Crippen LogP contribution is -2.27. The van der Waals surface area contributed by atoms with Crippen LogP contribution in [0.25, 0.3) is 0 Å². The standard InChI is InChI=1S/C12H19NO2S/c1-9(11-5-4-10(2)16-11)8-12(14)13-6-7-15-3/h4-5,9H,6-8H2,1-3H3,(H,13,14). The Balaban J connectivity index is 2.33. The highest BCUT2D eigenvalue weighted by molar-refractivity contribution is 7.12. The van der Waals surface area contributed by atoms with E-state index in [4.69, 9.17) is 4.74 Å². The van der Waals surface area contributed by atoms with Gasteiger partial charge in [-0.15, -0.1) is 11.3 Å². The predicted molar refractivity (Wildman–Crippen MR) is 67.0 cm³/mol. The Kier molecular flexibility index (Phi) is 5.49. The minimum Gasteiger partial charge on any atom is -0.383 e. The van der Waals surface area contributed by atoms with Crippen molar-refractivity contribution in [1.29, 1.82) is 0 Å². The van der Waals surface area contributed by atoms with E-state index in [0.717, 1.165) is 0 Å². The number of hydrogen-bond acceptors (Lipinski definition) is 3. The van der Waals surface area contributed by atoms with Gasteiger partial charge in [-0.25, -0.2) is 0 Å². The molecule has 1 atom stereocenters. The molecule has 1 amide bonds. The first-order valence-electron chi connectivity index (χ1n) is 5.45. The maximum atomic E-state index is 11.5. The number of aryl methyl sites for hydroxylation is 1. The Hall–Kier alpha value is -0.870. The second-order valence-corrected chi connectivity index (χ2v) is 5.22. The SMILES string of the molecule is COCCNC(=O)CC(C)c1ccc(C)s1. The molecule has 1 heterocycles. The van der Waals surface area contributed by atoms with Crippen LogP contribution < -0.4 is 5.32 Å². The van der Waals surface area contributed by atoms with Crippen molar-refractivity contribution in [2.24, 2.45) is 0 Å². The van der Waals surface area contributed by atoms with Crippen molar-refractivity contribution < 1.29 is 9.53 Å². The highest BCUT2D eigenvalue weighted by atomic mass is 32.1. The van der Waals surface area contributed by atoms with Gasteiger partial charge in [0.25, 0.3) is 0 Å². The number of amides is 1. The molecule has 0 aliphatic carbocycles. The maximum Gasteiger partial charge on any atom is 0.220 e. The Morgan fingerprint density at radius 2 is 2.31 bits per heavy atom. The van der Waals surface area contributed by atoms with Crippen molar-refractivity contribution in [3.63, 3.8) is 0 Å². The Morgan fingerprint density at radius 1 is 1.56 bits per heavy atom. The van der Waals surface area contributed by atoms with Crippen LogP contribution in [-0.2, 0) is 9.53 Å². The van der Waals surface area contributed by atoms with E-state index in [1.807, 2.05) is 0 Å². The molecule has 0 aromatic carbocycles. The molecule has 0 radical (unpaired) electrons. The number of nitrogens with one attached hydrogen (secondary N) is 1. The molecular formula is C12H19NO2S. The lowest BCUT2D eigenvalue weighted by atomic mass is 10.1. The van der Waals surface area contributed by atoms with Crippen molar-refractivity contribution in [1.82, 2.24) is 5.32 Å². The average Bonchev–Trinajstić information content (AvgIpc) is 2.65. The zero-order valence-corrected chi connectivity index (χ0v) is 10.9. The van der Waals surface area contributed by atoms with Crippen LogP contribution in [-0.4, -0.2) is 26.2 Å². The van der Waals surface area contributed by atoms with E-state index in [2.05, 4.69) is 31.3 Å². The lowest BCUT2D eigenvalue weighted by molar-refractivity contribution is -0.121. The third-order valence-corrected chi connectivity index (χ3v) is 3.60. The van der Waals surface area contributed by atoms with Crippen LogP contribution in [0.5, 0.6) is 0 Å². The molecule has 1 rings (SSSR count). The quantitative estimate of drug-likeness (QED) is 0.776. The lowest BCUT2D eigenvalue weighted by Gasteiger charge is -2.09. The summed E-state index contributed by atoms with van der Waals surface area (Å²) in [7, 11) is 1.63. The molecule has 0 aliphatic heterocycles. The number of hydrogen-bond donors (Lipinski definition) is 1. The molecule has 90 valence electrons. The Bertz CT molecular complexity index is 336. The number of rotatable bonds is 6. The van der Waals surface area contributed by atoms with Gasteiger partial charge in [0.2, 0.25) is 5.91 Å². The summed E-state index contributed by atoms with van der Waals surface area (Å²) in [5, 5.41) is 2.83. The molecule has 0 bridgehead atoms. The zero-order valence-electron chi connectivity index (χ0n) is 10.1. The first-order valence-corrected chi connectivity index (χ1v) is 6.27. The van der Waals surface area contributed by atoms with Gasteiger partial charge in [0, 0.05) is 29.8 Å². The van der Waals surface area contributed by atoms with Gasteiger partial charge in [0.1, 0.15) is 0 Å². The third-order valence-electron chi connectivity index (χ3n) is 2.37. The highest BCUT2D eigenvalue weighted by Gasteiger charge is 2.12. The average molecular weight is 241 g/mol. The molecule has 1 aromatic heterocycles. The minimum atomic E-state index is 0.0932. The number of thiophene rings is 1. The van der Waals surface area contributed by atoms with Crippen LogP contribution in [0.2, 0.25) is 0 Å². The van der Waals surface area contributed by atoms with Gasteiger partial charge in [-0.3, -0.25) is 4.79 Å². The van der Waals surface area contributed by atoms with Crippen LogP contribution in [0.4, 0.5) is 0 Å². The van der Waals surface area contributed by atoms with E-state index in [1.165, 1.54) is 9.75 Å². The highest BCUT2D eigenvalue weighted by Crippen LogP contribution is 2.26. The molecule has 0 saturated carbocycles. The van der Waals surface area contributed by atoms with E-state index < -0.39 is 0 Å². The van der Waals surface area contributed by atoms with E-state index >= 15 is 0 Å². The number of carbonyl (C=O) groups excluding carboxylic acids is 1. The molecule has 0 spiro atoms. The van der Waals surface area contributed by atoms with Gasteiger partial charge in [-0.1, -0.05) is 6.92 Å². The second-order valence-electron chi connectivity index (χ2n) is 3.90. The smallest absolute Gasteiger partial charge is 0.220 e. The van der Waals surface area contributed by atoms with Gasteiger partial charge in [-0.05, 0) is 25.0 Å². The largest absolute Gasteiger partial charge is 0.383 e. The molecular weight excluding hydrogens is 222 g/mol. The summed E-state index contributed by atoms with van der Waals surface area (Å²) in [6.07, 6.45) is 0.545. The van der Waals surface area contributed by atoms with Crippen LogP contribution in [0.3, 0.4) is 0 Å². The summed E-state index contributed by atoms with van der Waals surface area (Å²) in [6, 6.07) is 4.20. The summed E-state index contributed by atoms with van der Waals surface area (Å²) < 4.78 is 4.87. The summed E-state index contributed by atoms with van der Waals surface area (Å²) in [5.41, 5.74) is 0. The monoisotopic (exact) mass is 241 g/mol. The molecule has 4 heteroatoms. The van der Waals surface area contributed by atoms with Gasteiger partial charge in [0.05, 0.1) is 6.61 Å². The fourth-order valence-electron chi connectivity index (χ4n) is 1.46. The van der Waals surface area contributed by atoms with Crippen LogP contribution in [0, 0.1) is 6.92 Å². The fourth-order valence-corrected chi connectivity index (χ4v) is 2.39. The third kappa shape index (κ3) is 4.33. The van der Waals surface area contributed by atoms with Crippen LogP contribution in [0.1, 0.15) is 29.0 Å². The van der Waals surface area contributed by atoms with Crippen molar-refractivity contribution in [3.8, 4) is 0 Å². The van der Waals surface area contributed by atoms with Gasteiger partial charge in [0.15, 0.2) is 0 Å². The molecule has 1 unspecified atom stereocenters. The topological polar surface area (TPSA) is 38.3 Å². The van der Waals surface area contributed by atoms with Crippen LogP contribution >= 0.6 is 11.3 Å². The maximum absolute atomic E-state index is 11.5. The second kappa shape index (κ2) is 6.66. The first-order chi connectivity index (χ1) is 7.63. The van der Waals surface area contributed by atoms with Gasteiger partial charge >= 0.3 is 0 Å². The van der Waals surface area contributed by atoms with Crippen molar-refractivity contribution >= 4 is 17.2 Å². The van der Waals surface area contributed by atoms with E-state index in [-0.39, 0.29) is 5.91 Å². The van der Waals surface area contributed by atoms with E-state index in [9.17, 15) is 4.79 Å². The summed E-state index contributed by atoms with van der Waals surface area (Å²) in [4.78, 5) is 14.1. The summed E-state index contributed by atoms with van der Waals surface area (Å²) in [6.45, 7) is 5.32. The van der Waals surface area contributed by atoms with E-state index in [1.54, 1.807) is 18.4 Å². The Morgan fingerprint density at radius 3 is 2.88 bits per heavy atom. The van der Waals surface area contributed by atoms with Crippen molar-refractivity contribution in [2.45, 2.75) is 26.2 Å². The van der Waals surface area contributed by atoms with Gasteiger partial charge < -0.3 is 10.1 Å². The molecule has 1 N–H and O–H groups in total. The molecule has 0 saturated heterocycles. The van der Waals surface area contributed by atoms with Gasteiger partial charge in [-0.2, -0.15) is 0 Å². The van der Waals surface area contributed by atoms with Crippen molar-refractivity contribution in [2.75, 3.05) is 20.3 Å². The van der Waals surface area contributed by atoms with Crippen LogP contribution in [0.15, 0.2) is 12.1 Å². The molecule has 3 nitrogen and oxygen atoms in total. The van der Waals surface area contributed by atoms with E-state index in [0.29, 0.717) is 25.5 Å². The number of carbonyl (C=O) groups is 1. The molecule has 0 fully saturated rings. The fraction of sp³-hybridized carbons (Fsp3) is 0.583. The molecule has 0 aliphatic rings. The summed E-state index contributed by atoms with van der Waals surface area (Å²) in [5.74, 6) is 0.386. The zero-order chi connectivity index (χ0) is 12.0. The predicted octanol–water partition coefficient (Wildman–Crippen LogP) is 2.31. The Labute approximate surface area is 101 Å². The summed E-state index contributed by atoms with van der Waals surface area (Å²) >= 11 is 1.76. The number of ether oxygens (including phenoxy) is 1. The number of methoxy groups -OCH3 is 1. The minimum absolute atomic E-state index is 0.0932. The van der Waals surface area contributed by atoms with Crippen molar-refractivity contribution in [3.05, 3.63) is 21.9 Å².